The van der Waals surface area contributed by atoms with Crippen LogP contribution in [0.1, 0.15) is 5.56 Å². The quantitative estimate of drug-likeness (QED) is 0.202. The van der Waals surface area contributed by atoms with Crippen LogP contribution >= 0.6 is 0 Å². The Morgan fingerprint density at radius 1 is 0.929 bits per heavy atom. The van der Waals surface area contributed by atoms with Crippen LogP contribution in [0.25, 0.3) is 0 Å². The minimum atomic E-state index is -1.41. The molecule has 1 rings (SSSR count). The molecule has 1 aromatic rings. The Bertz CT molecular complexity index is 683. The lowest BCUT2D eigenvalue weighted by Crippen LogP contribution is -2.55. The average Bonchev–Trinajstić information content (AvgIpc) is 2.69. The fraction of sp³-hybridized carbons (Fsp3) is 0.412. The number of aliphatic carboxylic acids is 1. The van der Waals surface area contributed by atoms with E-state index in [1.54, 1.807) is 30.3 Å². The van der Waals surface area contributed by atoms with Crippen LogP contribution in [0.15, 0.2) is 30.3 Å². The number of nitrogens with two attached hydrogens (primary N) is 1. The molecule has 0 aliphatic heterocycles. The van der Waals surface area contributed by atoms with E-state index in [0.717, 1.165) is 0 Å². The summed E-state index contributed by atoms with van der Waals surface area (Å²) >= 11 is 0. The van der Waals surface area contributed by atoms with E-state index in [0.29, 0.717) is 5.56 Å². The van der Waals surface area contributed by atoms with Crippen LogP contribution in [0.4, 0.5) is 0 Å². The summed E-state index contributed by atoms with van der Waals surface area (Å²) in [4.78, 5) is 46.8. The minimum absolute atomic E-state index is 0.0170. The van der Waals surface area contributed by atoms with Crippen LogP contribution in [-0.4, -0.2) is 76.9 Å². The standard InChI is InChI=1S/C17H24N4O7/c18-11(8-22)15(25)19-7-14(24)20-13(9-23)16(26)21-12(17(27)28)6-10-4-2-1-3-5-10/h1-5,11-13,22-23H,6-9,18H2,(H,19,25)(H,20,24)(H,21,26)(H,27,28). The molecule has 0 radical (unpaired) electrons. The van der Waals surface area contributed by atoms with Gasteiger partial charge in [0.05, 0.1) is 19.8 Å². The van der Waals surface area contributed by atoms with Crippen LogP contribution in [-0.2, 0) is 25.6 Å². The summed E-state index contributed by atoms with van der Waals surface area (Å²) in [6.07, 6.45) is 0.0170. The van der Waals surface area contributed by atoms with Gasteiger partial charge in [-0.3, -0.25) is 14.4 Å². The van der Waals surface area contributed by atoms with E-state index in [4.69, 9.17) is 10.8 Å². The number of carbonyl (C=O) groups is 4. The normalized spacial score (nSPS) is 13.7. The molecular formula is C17H24N4O7. The molecule has 0 aliphatic rings. The van der Waals surface area contributed by atoms with Crippen LogP contribution < -0.4 is 21.7 Å². The Balaban J connectivity index is 2.61. The van der Waals surface area contributed by atoms with Crippen molar-refractivity contribution in [2.24, 2.45) is 5.73 Å². The molecule has 0 heterocycles. The smallest absolute Gasteiger partial charge is 0.326 e. The Hall–Kier alpha value is -3.02. The first-order valence-corrected chi connectivity index (χ1v) is 8.40. The zero-order valence-corrected chi connectivity index (χ0v) is 15.0. The van der Waals surface area contributed by atoms with Crippen molar-refractivity contribution in [3.05, 3.63) is 35.9 Å². The summed E-state index contributed by atoms with van der Waals surface area (Å²) in [7, 11) is 0. The lowest BCUT2D eigenvalue weighted by molar-refractivity contribution is -0.142. The van der Waals surface area contributed by atoms with Crippen LogP contribution in [0.5, 0.6) is 0 Å². The summed E-state index contributed by atoms with van der Waals surface area (Å²) in [5.74, 6) is -3.73. The van der Waals surface area contributed by atoms with E-state index in [1.807, 2.05) is 0 Å². The average molecular weight is 396 g/mol. The molecule has 8 N–H and O–H groups in total. The van der Waals surface area contributed by atoms with E-state index in [1.165, 1.54) is 0 Å². The molecule has 28 heavy (non-hydrogen) atoms. The largest absolute Gasteiger partial charge is 0.480 e. The molecule has 0 bridgehead atoms. The van der Waals surface area contributed by atoms with Crippen molar-refractivity contribution in [3.8, 4) is 0 Å². The number of benzene rings is 1. The van der Waals surface area contributed by atoms with Crippen LogP contribution in [0.3, 0.4) is 0 Å². The molecule has 3 unspecified atom stereocenters. The van der Waals surface area contributed by atoms with Crippen molar-refractivity contribution < 1.29 is 34.5 Å². The highest BCUT2D eigenvalue weighted by molar-refractivity contribution is 5.92. The third kappa shape index (κ3) is 7.70. The second-order valence-corrected chi connectivity index (χ2v) is 5.90. The van der Waals surface area contributed by atoms with Gasteiger partial charge in [0.2, 0.25) is 17.7 Å². The Kier molecular flexibility index (Phi) is 9.57. The number of nitrogens with one attached hydrogen (secondary N) is 3. The number of amides is 3. The van der Waals surface area contributed by atoms with Gasteiger partial charge in [0.15, 0.2) is 0 Å². The lowest BCUT2D eigenvalue weighted by Gasteiger charge is -2.20. The maximum atomic E-state index is 12.2. The van der Waals surface area contributed by atoms with Gasteiger partial charge in [0.25, 0.3) is 0 Å². The highest BCUT2D eigenvalue weighted by Crippen LogP contribution is 2.04. The highest BCUT2D eigenvalue weighted by atomic mass is 16.4. The molecule has 0 aliphatic carbocycles. The fourth-order valence-electron chi connectivity index (χ4n) is 2.14. The number of rotatable bonds is 11. The summed E-state index contributed by atoms with van der Waals surface area (Å²) in [5.41, 5.74) is 5.95. The molecule has 0 saturated heterocycles. The lowest BCUT2D eigenvalue weighted by atomic mass is 10.1. The highest BCUT2D eigenvalue weighted by Gasteiger charge is 2.26. The van der Waals surface area contributed by atoms with Gasteiger partial charge in [-0.05, 0) is 5.56 Å². The number of carboxylic acids is 1. The van der Waals surface area contributed by atoms with Gasteiger partial charge in [-0.25, -0.2) is 4.79 Å². The monoisotopic (exact) mass is 396 g/mol. The second kappa shape index (κ2) is 11.6. The zero-order valence-electron chi connectivity index (χ0n) is 15.0. The second-order valence-electron chi connectivity index (χ2n) is 5.90. The number of carboxylic acid groups (broad SMARTS) is 1. The van der Waals surface area contributed by atoms with Gasteiger partial charge < -0.3 is 37.0 Å². The molecule has 0 fully saturated rings. The first-order valence-electron chi connectivity index (χ1n) is 8.40. The summed E-state index contributed by atoms with van der Waals surface area (Å²) < 4.78 is 0. The molecule has 3 amide bonds. The van der Waals surface area contributed by atoms with Crippen molar-refractivity contribution in [1.82, 2.24) is 16.0 Å². The SMILES string of the molecule is NC(CO)C(=O)NCC(=O)NC(CO)C(=O)NC(Cc1ccccc1)C(=O)O. The summed E-state index contributed by atoms with van der Waals surface area (Å²) in [6.45, 7) is -1.92. The van der Waals surface area contributed by atoms with Crippen molar-refractivity contribution in [1.29, 1.82) is 0 Å². The van der Waals surface area contributed by atoms with Gasteiger partial charge in [-0.2, -0.15) is 0 Å². The number of aliphatic hydroxyl groups is 2. The van der Waals surface area contributed by atoms with Crippen molar-refractivity contribution in [2.45, 2.75) is 24.5 Å². The van der Waals surface area contributed by atoms with Gasteiger partial charge in [0.1, 0.15) is 18.1 Å². The summed E-state index contributed by atoms with van der Waals surface area (Å²) in [5, 5.41) is 33.9. The van der Waals surface area contributed by atoms with Crippen LogP contribution in [0.2, 0.25) is 0 Å². The topological polar surface area (TPSA) is 191 Å². The summed E-state index contributed by atoms with van der Waals surface area (Å²) in [6, 6.07) is 4.76. The molecule has 0 aromatic heterocycles. The molecule has 11 nitrogen and oxygen atoms in total. The maximum absolute atomic E-state index is 12.2. The van der Waals surface area contributed by atoms with Gasteiger partial charge >= 0.3 is 5.97 Å². The third-order valence-electron chi connectivity index (χ3n) is 3.69. The van der Waals surface area contributed by atoms with Crippen LogP contribution in [0, 0.1) is 0 Å². The van der Waals surface area contributed by atoms with Gasteiger partial charge in [-0.1, -0.05) is 30.3 Å². The molecular weight excluding hydrogens is 372 g/mol. The first-order chi connectivity index (χ1) is 13.3. The molecule has 11 heteroatoms. The molecule has 1 aromatic carbocycles. The molecule has 0 spiro atoms. The fourth-order valence-corrected chi connectivity index (χ4v) is 2.14. The van der Waals surface area contributed by atoms with E-state index < -0.39 is 61.6 Å². The van der Waals surface area contributed by atoms with E-state index in [2.05, 4.69) is 16.0 Å². The minimum Gasteiger partial charge on any atom is -0.480 e. The molecule has 154 valence electrons. The van der Waals surface area contributed by atoms with Crippen molar-refractivity contribution >= 4 is 23.7 Å². The van der Waals surface area contributed by atoms with Gasteiger partial charge in [-0.15, -0.1) is 0 Å². The van der Waals surface area contributed by atoms with Gasteiger partial charge in [0, 0.05) is 6.42 Å². The number of hydrogen-bond acceptors (Lipinski definition) is 7. The van der Waals surface area contributed by atoms with E-state index in [9.17, 15) is 29.4 Å². The third-order valence-corrected chi connectivity index (χ3v) is 3.69. The van der Waals surface area contributed by atoms with E-state index >= 15 is 0 Å². The Morgan fingerprint density at radius 3 is 2.11 bits per heavy atom. The Morgan fingerprint density at radius 2 is 1.57 bits per heavy atom. The zero-order chi connectivity index (χ0) is 21.1. The number of hydrogen-bond donors (Lipinski definition) is 7. The predicted molar refractivity (Wildman–Crippen MR) is 96.8 cm³/mol. The molecule has 0 saturated carbocycles. The Labute approximate surface area is 160 Å². The van der Waals surface area contributed by atoms with E-state index in [-0.39, 0.29) is 6.42 Å². The number of aliphatic hydroxyl groups excluding tert-OH is 2. The first kappa shape index (κ1) is 23.0. The predicted octanol–water partition coefficient (Wildman–Crippen LogP) is -3.29. The molecule has 3 atom stereocenters. The number of carbonyl (C=O) groups excluding carboxylic acids is 3. The maximum Gasteiger partial charge on any atom is 0.326 e. The van der Waals surface area contributed by atoms with Crippen molar-refractivity contribution in [2.75, 3.05) is 19.8 Å². The van der Waals surface area contributed by atoms with Crippen molar-refractivity contribution in [3.63, 3.8) is 0 Å².